The highest BCUT2D eigenvalue weighted by Crippen LogP contribution is 2.20. The molecule has 0 saturated heterocycles. The summed E-state index contributed by atoms with van der Waals surface area (Å²) in [6, 6.07) is 19.6. The van der Waals surface area contributed by atoms with E-state index in [0.29, 0.717) is 12.2 Å². The fraction of sp³-hybridized carbons (Fsp3) is 0.217. The first-order chi connectivity index (χ1) is 13.7. The second kappa shape index (κ2) is 9.55. The Labute approximate surface area is 165 Å². The number of benzene rings is 2. The van der Waals surface area contributed by atoms with Crippen molar-refractivity contribution in [3.63, 3.8) is 0 Å². The number of aryl methyl sites for hydroxylation is 1. The van der Waals surface area contributed by atoms with Gasteiger partial charge < -0.3 is 15.4 Å². The minimum atomic E-state index is -0.177. The van der Waals surface area contributed by atoms with E-state index in [4.69, 9.17) is 4.74 Å². The summed E-state index contributed by atoms with van der Waals surface area (Å²) in [5.74, 6) is 0.640. The molecule has 0 aliphatic heterocycles. The SMILES string of the molecule is CCc1ccccc1Nc1ccc(C(=O)NCCc2cccc(OC)c2)nc1. The fourth-order valence-electron chi connectivity index (χ4n) is 2.95. The number of para-hydroxylation sites is 1. The first-order valence-corrected chi connectivity index (χ1v) is 9.41. The molecule has 0 fully saturated rings. The molecule has 0 radical (unpaired) electrons. The summed E-state index contributed by atoms with van der Waals surface area (Å²) in [7, 11) is 1.64. The molecule has 0 saturated carbocycles. The number of nitrogens with one attached hydrogen (secondary N) is 2. The minimum absolute atomic E-state index is 0.177. The second-order valence-electron chi connectivity index (χ2n) is 6.43. The zero-order chi connectivity index (χ0) is 19.8. The van der Waals surface area contributed by atoms with Crippen LogP contribution in [0.4, 0.5) is 11.4 Å². The van der Waals surface area contributed by atoms with Crippen LogP contribution in [0.3, 0.4) is 0 Å². The third kappa shape index (κ3) is 5.10. The van der Waals surface area contributed by atoms with E-state index in [9.17, 15) is 4.79 Å². The number of rotatable bonds is 8. The number of methoxy groups -OCH3 is 1. The molecule has 0 unspecified atom stereocenters. The van der Waals surface area contributed by atoms with Gasteiger partial charge in [-0.1, -0.05) is 37.3 Å². The van der Waals surface area contributed by atoms with Crippen LogP contribution in [0.25, 0.3) is 0 Å². The Balaban J connectivity index is 1.54. The third-order valence-electron chi connectivity index (χ3n) is 4.51. The number of pyridine rings is 1. The van der Waals surface area contributed by atoms with E-state index in [2.05, 4.69) is 28.6 Å². The maximum Gasteiger partial charge on any atom is 0.269 e. The zero-order valence-corrected chi connectivity index (χ0v) is 16.2. The van der Waals surface area contributed by atoms with E-state index < -0.39 is 0 Å². The molecule has 3 rings (SSSR count). The van der Waals surface area contributed by atoms with Crippen LogP contribution in [0.1, 0.15) is 28.5 Å². The van der Waals surface area contributed by atoms with Gasteiger partial charge in [-0.3, -0.25) is 4.79 Å². The van der Waals surface area contributed by atoms with Crippen molar-refractivity contribution in [3.8, 4) is 5.75 Å². The van der Waals surface area contributed by atoms with Crippen molar-refractivity contribution in [2.75, 3.05) is 19.0 Å². The molecule has 3 aromatic rings. The smallest absolute Gasteiger partial charge is 0.269 e. The molecule has 144 valence electrons. The highest BCUT2D eigenvalue weighted by Gasteiger charge is 2.07. The van der Waals surface area contributed by atoms with Crippen molar-refractivity contribution < 1.29 is 9.53 Å². The standard InChI is InChI=1S/C23H25N3O2/c1-3-18-8-4-5-10-21(18)26-19-11-12-22(25-16-19)23(27)24-14-13-17-7-6-9-20(15-17)28-2/h4-12,15-16,26H,3,13-14H2,1-2H3,(H,24,27). The molecule has 0 atom stereocenters. The van der Waals surface area contributed by atoms with E-state index in [1.54, 1.807) is 19.4 Å². The summed E-state index contributed by atoms with van der Waals surface area (Å²) in [6.07, 6.45) is 3.37. The summed E-state index contributed by atoms with van der Waals surface area (Å²) in [6.45, 7) is 2.66. The molecule has 1 amide bonds. The van der Waals surface area contributed by atoms with Crippen LogP contribution in [0, 0.1) is 0 Å². The molecule has 1 aromatic heterocycles. The summed E-state index contributed by atoms with van der Waals surface area (Å²) >= 11 is 0. The van der Waals surface area contributed by atoms with Crippen molar-refractivity contribution in [1.82, 2.24) is 10.3 Å². The van der Waals surface area contributed by atoms with Crippen LogP contribution in [0.5, 0.6) is 5.75 Å². The first-order valence-electron chi connectivity index (χ1n) is 9.41. The van der Waals surface area contributed by atoms with Gasteiger partial charge in [-0.15, -0.1) is 0 Å². The van der Waals surface area contributed by atoms with Gasteiger partial charge in [0.15, 0.2) is 0 Å². The van der Waals surface area contributed by atoms with E-state index in [1.807, 2.05) is 48.5 Å². The van der Waals surface area contributed by atoms with Gasteiger partial charge >= 0.3 is 0 Å². The Hall–Kier alpha value is -3.34. The van der Waals surface area contributed by atoms with Crippen LogP contribution >= 0.6 is 0 Å². The Bertz CT molecular complexity index is 923. The maximum atomic E-state index is 12.3. The number of carbonyl (C=O) groups is 1. The number of hydrogen-bond acceptors (Lipinski definition) is 4. The molecule has 0 bridgehead atoms. The number of anilines is 2. The lowest BCUT2D eigenvalue weighted by Gasteiger charge is -2.11. The predicted octanol–water partition coefficient (Wildman–Crippen LogP) is 4.37. The Morgan fingerprint density at radius 2 is 1.93 bits per heavy atom. The molecule has 2 aromatic carbocycles. The maximum absolute atomic E-state index is 12.3. The molecule has 0 aliphatic rings. The van der Waals surface area contributed by atoms with Gasteiger partial charge in [-0.05, 0) is 54.3 Å². The molecule has 1 heterocycles. The monoisotopic (exact) mass is 375 g/mol. The molecule has 0 spiro atoms. The van der Waals surface area contributed by atoms with Crippen LogP contribution in [0.15, 0.2) is 66.9 Å². The summed E-state index contributed by atoms with van der Waals surface area (Å²) in [5, 5.41) is 6.27. The van der Waals surface area contributed by atoms with Crippen LogP contribution in [0.2, 0.25) is 0 Å². The van der Waals surface area contributed by atoms with E-state index in [0.717, 1.165) is 35.5 Å². The predicted molar refractivity (Wildman–Crippen MR) is 112 cm³/mol. The molecule has 0 aliphatic carbocycles. The Morgan fingerprint density at radius 1 is 1.07 bits per heavy atom. The van der Waals surface area contributed by atoms with Gasteiger partial charge in [0.05, 0.1) is 19.0 Å². The van der Waals surface area contributed by atoms with Gasteiger partial charge in [0, 0.05) is 12.2 Å². The Kier molecular flexibility index (Phi) is 6.63. The summed E-state index contributed by atoms with van der Waals surface area (Å²) in [4.78, 5) is 16.6. The topological polar surface area (TPSA) is 63.2 Å². The van der Waals surface area contributed by atoms with E-state index >= 15 is 0 Å². The molecule has 5 heteroatoms. The lowest BCUT2D eigenvalue weighted by Crippen LogP contribution is -2.26. The fourth-order valence-corrected chi connectivity index (χ4v) is 2.95. The average molecular weight is 375 g/mol. The summed E-state index contributed by atoms with van der Waals surface area (Å²) in [5.41, 5.74) is 4.67. The first kappa shape index (κ1) is 19.4. The second-order valence-corrected chi connectivity index (χ2v) is 6.43. The van der Waals surface area contributed by atoms with Gasteiger partial charge in [0.1, 0.15) is 11.4 Å². The number of hydrogen-bond donors (Lipinski definition) is 2. The van der Waals surface area contributed by atoms with Gasteiger partial charge in [-0.2, -0.15) is 0 Å². The number of aromatic nitrogens is 1. The number of ether oxygens (including phenoxy) is 1. The van der Waals surface area contributed by atoms with Crippen molar-refractivity contribution in [1.29, 1.82) is 0 Å². The molecule has 28 heavy (non-hydrogen) atoms. The number of amides is 1. The minimum Gasteiger partial charge on any atom is -0.497 e. The highest BCUT2D eigenvalue weighted by atomic mass is 16.5. The van der Waals surface area contributed by atoms with Crippen LogP contribution in [-0.4, -0.2) is 24.5 Å². The number of nitrogens with zero attached hydrogens (tertiary/aromatic N) is 1. The van der Waals surface area contributed by atoms with Gasteiger partial charge in [-0.25, -0.2) is 4.98 Å². The van der Waals surface area contributed by atoms with E-state index in [1.165, 1.54) is 5.56 Å². The Morgan fingerprint density at radius 3 is 2.68 bits per heavy atom. The molecular formula is C23H25N3O2. The third-order valence-corrected chi connectivity index (χ3v) is 4.51. The van der Waals surface area contributed by atoms with E-state index in [-0.39, 0.29) is 5.91 Å². The average Bonchev–Trinajstić information content (AvgIpc) is 2.74. The lowest BCUT2D eigenvalue weighted by atomic mass is 10.1. The summed E-state index contributed by atoms with van der Waals surface area (Å²) < 4.78 is 5.22. The quantitative estimate of drug-likeness (QED) is 0.614. The molecular weight excluding hydrogens is 350 g/mol. The number of carbonyl (C=O) groups excluding carboxylic acids is 1. The van der Waals surface area contributed by atoms with Crippen LogP contribution in [-0.2, 0) is 12.8 Å². The van der Waals surface area contributed by atoms with Gasteiger partial charge in [0.25, 0.3) is 5.91 Å². The molecule has 2 N–H and O–H groups in total. The zero-order valence-electron chi connectivity index (χ0n) is 16.2. The van der Waals surface area contributed by atoms with Crippen molar-refractivity contribution in [2.45, 2.75) is 19.8 Å². The lowest BCUT2D eigenvalue weighted by molar-refractivity contribution is 0.0949. The van der Waals surface area contributed by atoms with Crippen molar-refractivity contribution >= 4 is 17.3 Å². The van der Waals surface area contributed by atoms with Crippen molar-refractivity contribution in [2.24, 2.45) is 0 Å². The normalized spacial score (nSPS) is 10.4. The van der Waals surface area contributed by atoms with Crippen molar-refractivity contribution in [3.05, 3.63) is 83.7 Å². The largest absolute Gasteiger partial charge is 0.497 e. The van der Waals surface area contributed by atoms with Gasteiger partial charge in [0.2, 0.25) is 0 Å². The highest BCUT2D eigenvalue weighted by molar-refractivity contribution is 5.92. The van der Waals surface area contributed by atoms with Crippen LogP contribution < -0.4 is 15.4 Å². The molecule has 5 nitrogen and oxygen atoms in total.